The van der Waals surface area contributed by atoms with Gasteiger partial charge in [-0.25, -0.2) is 0 Å². The van der Waals surface area contributed by atoms with Crippen molar-refractivity contribution in [1.82, 2.24) is 0 Å². The summed E-state index contributed by atoms with van der Waals surface area (Å²) in [6, 6.07) is 21.0. The van der Waals surface area contributed by atoms with Gasteiger partial charge >= 0.3 is 0 Å². The normalized spacial score (nSPS) is 16.5. The van der Waals surface area contributed by atoms with Crippen molar-refractivity contribution in [3.8, 4) is 0 Å². The van der Waals surface area contributed by atoms with Crippen LogP contribution in [0.25, 0.3) is 0 Å². The van der Waals surface area contributed by atoms with Gasteiger partial charge in [0.05, 0.1) is 12.2 Å². The van der Waals surface area contributed by atoms with E-state index in [9.17, 15) is 10.2 Å². The zero-order chi connectivity index (χ0) is 22.4. The first kappa shape index (κ1) is 24.5. The Morgan fingerprint density at radius 1 is 0.933 bits per heavy atom. The average Bonchev–Trinajstić information content (AvgIpc) is 2.75. The van der Waals surface area contributed by atoms with E-state index >= 15 is 0 Å². The number of benzene rings is 2. The molecule has 30 heavy (non-hydrogen) atoms. The molecular weight excluding hydrogens is 388 g/mol. The molecule has 4 heteroatoms. The van der Waals surface area contributed by atoms with E-state index in [0.29, 0.717) is 13.0 Å². The fourth-order valence-electron chi connectivity index (χ4n) is 4.20. The largest absolute Gasteiger partial charge is 0.407 e. The molecule has 2 rings (SSSR count). The first-order chi connectivity index (χ1) is 14.1. The van der Waals surface area contributed by atoms with E-state index in [2.05, 4.69) is 75.9 Å². The summed E-state index contributed by atoms with van der Waals surface area (Å²) in [6.07, 6.45) is 0.949. The van der Waals surface area contributed by atoms with Gasteiger partial charge in [-0.05, 0) is 21.8 Å². The lowest BCUT2D eigenvalue weighted by Crippen LogP contribution is -2.66. The Kier molecular flexibility index (Phi) is 8.62. The predicted molar refractivity (Wildman–Crippen MR) is 129 cm³/mol. The van der Waals surface area contributed by atoms with Crippen LogP contribution in [0, 0.1) is 11.8 Å². The summed E-state index contributed by atoms with van der Waals surface area (Å²) in [6.45, 7) is 14.7. The van der Waals surface area contributed by atoms with Crippen molar-refractivity contribution in [3.05, 3.63) is 73.3 Å². The van der Waals surface area contributed by atoms with Crippen LogP contribution in [0.4, 0.5) is 0 Å². The highest BCUT2D eigenvalue weighted by Crippen LogP contribution is 2.37. The van der Waals surface area contributed by atoms with Crippen LogP contribution in [0.15, 0.2) is 73.3 Å². The minimum Gasteiger partial charge on any atom is -0.407 e. The second-order valence-electron chi connectivity index (χ2n) is 9.31. The summed E-state index contributed by atoms with van der Waals surface area (Å²) < 4.78 is 6.83. The fraction of sp³-hybridized carbons (Fsp3) is 0.462. The molecule has 0 fully saturated rings. The van der Waals surface area contributed by atoms with E-state index in [1.165, 1.54) is 10.4 Å². The van der Waals surface area contributed by atoms with E-state index in [1.54, 1.807) is 6.08 Å². The Morgan fingerprint density at radius 3 is 1.80 bits per heavy atom. The van der Waals surface area contributed by atoms with Crippen molar-refractivity contribution in [3.63, 3.8) is 0 Å². The fourth-order valence-corrected chi connectivity index (χ4v) is 8.78. The molecule has 0 bridgehead atoms. The van der Waals surface area contributed by atoms with E-state index in [4.69, 9.17) is 4.43 Å². The van der Waals surface area contributed by atoms with Gasteiger partial charge in [0, 0.05) is 18.4 Å². The highest BCUT2D eigenvalue weighted by Gasteiger charge is 2.50. The van der Waals surface area contributed by atoms with Crippen molar-refractivity contribution < 1.29 is 14.6 Å². The number of hydrogen-bond acceptors (Lipinski definition) is 3. The third-order valence-electron chi connectivity index (χ3n) is 6.21. The molecule has 4 atom stereocenters. The van der Waals surface area contributed by atoms with Crippen molar-refractivity contribution >= 4 is 18.7 Å². The molecule has 0 aromatic heterocycles. The van der Waals surface area contributed by atoms with Crippen LogP contribution in [0.1, 0.15) is 41.0 Å². The van der Waals surface area contributed by atoms with E-state index in [-0.39, 0.29) is 16.9 Å². The molecule has 0 amide bonds. The molecule has 0 aliphatic rings. The highest BCUT2D eigenvalue weighted by molar-refractivity contribution is 6.99. The molecule has 0 spiro atoms. The molecule has 0 saturated heterocycles. The molecule has 0 aliphatic heterocycles. The monoisotopic (exact) mass is 426 g/mol. The van der Waals surface area contributed by atoms with Crippen molar-refractivity contribution in [2.75, 3.05) is 6.61 Å². The van der Waals surface area contributed by atoms with Gasteiger partial charge in [-0.2, -0.15) is 0 Å². The molecular formula is C26H38O3Si. The van der Waals surface area contributed by atoms with Gasteiger partial charge in [0.2, 0.25) is 0 Å². The number of hydrogen-bond donors (Lipinski definition) is 2. The molecule has 0 saturated carbocycles. The molecule has 0 heterocycles. The maximum absolute atomic E-state index is 10.7. The van der Waals surface area contributed by atoms with E-state index in [0.717, 1.165) is 0 Å². The molecule has 164 valence electrons. The Labute approximate surface area is 183 Å². The van der Waals surface area contributed by atoms with Crippen LogP contribution < -0.4 is 10.4 Å². The Balaban J connectivity index is 2.30. The molecule has 2 aromatic rings. The van der Waals surface area contributed by atoms with Crippen LogP contribution in [-0.4, -0.2) is 37.3 Å². The van der Waals surface area contributed by atoms with Gasteiger partial charge in [0.25, 0.3) is 8.32 Å². The number of aliphatic hydroxyl groups excluding tert-OH is 2. The maximum atomic E-state index is 10.7. The third-order valence-corrected chi connectivity index (χ3v) is 11.2. The van der Waals surface area contributed by atoms with Crippen molar-refractivity contribution in [2.24, 2.45) is 11.8 Å². The predicted octanol–water partition coefficient (Wildman–Crippen LogP) is 4.13. The average molecular weight is 427 g/mol. The molecule has 3 nitrogen and oxygen atoms in total. The third kappa shape index (κ3) is 5.30. The van der Waals surface area contributed by atoms with Crippen molar-refractivity contribution in [2.45, 2.75) is 58.3 Å². The lowest BCUT2D eigenvalue weighted by molar-refractivity contribution is -0.00480. The molecule has 0 radical (unpaired) electrons. The number of aliphatic hydroxyl groups is 2. The van der Waals surface area contributed by atoms with Crippen LogP contribution in [0.5, 0.6) is 0 Å². The van der Waals surface area contributed by atoms with Crippen LogP contribution in [-0.2, 0) is 4.43 Å². The lowest BCUT2D eigenvalue weighted by Gasteiger charge is -2.43. The second kappa shape index (κ2) is 10.5. The lowest BCUT2D eigenvalue weighted by atomic mass is 9.88. The molecule has 0 aliphatic carbocycles. The van der Waals surface area contributed by atoms with Gasteiger partial charge in [-0.3, -0.25) is 0 Å². The zero-order valence-electron chi connectivity index (χ0n) is 19.1. The minimum atomic E-state index is -2.60. The zero-order valence-corrected chi connectivity index (χ0v) is 20.1. The quantitative estimate of drug-likeness (QED) is 0.444. The summed E-state index contributed by atoms with van der Waals surface area (Å²) in [7, 11) is -2.60. The first-order valence-electron chi connectivity index (χ1n) is 10.9. The van der Waals surface area contributed by atoms with Gasteiger partial charge in [0.1, 0.15) is 0 Å². The maximum Gasteiger partial charge on any atom is 0.261 e. The van der Waals surface area contributed by atoms with E-state index in [1.807, 2.05) is 26.0 Å². The second-order valence-corrected chi connectivity index (χ2v) is 13.6. The minimum absolute atomic E-state index is 0.0627. The molecule has 2 N–H and O–H groups in total. The topological polar surface area (TPSA) is 49.7 Å². The van der Waals surface area contributed by atoms with E-state index < -0.39 is 20.5 Å². The van der Waals surface area contributed by atoms with Gasteiger partial charge < -0.3 is 14.6 Å². The Morgan fingerprint density at radius 2 is 1.40 bits per heavy atom. The summed E-state index contributed by atoms with van der Waals surface area (Å²) in [5, 5.41) is 23.5. The summed E-state index contributed by atoms with van der Waals surface area (Å²) in [4.78, 5) is 0. The SMILES string of the molecule is C=C[C@@H](C)[C@@H](O)[C@@H](C)[C@@H](O)CCO[Si](c1ccccc1)(c1ccccc1)C(C)(C)C. The first-order valence-corrected chi connectivity index (χ1v) is 12.8. The summed E-state index contributed by atoms with van der Waals surface area (Å²) in [5.74, 6) is -0.312. The van der Waals surface area contributed by atoms with Crippen LogP contribution in [0.3, 0.4) is 0 Å². The Hall–Kier alpha value is -1.72. The van der Waals surface area contributed by atoms with Crippen LogP contribution in [0.2, 0.25) is 5.04 Å². The van der Waals surface area contributed by atoms with Crippen LogP contribution >= 0.6 is 0 Å². The number of rotatable bonds is 10. The van der Waals surface area contributed by atoms with Crippen molar-refractivity contribution in [1.29, 1.82) is 0 Å². The van der Waals surface area contributed by atoms with Gasteiger partial charge in [0.15, 0.2) is 0 Å². The smallest absolute Gasteiger partial charge is 0.261 e. The van der Waals surface area contributed by atoms with Gasteiger partial charge in [-0.15, -0.1) is 6.58 Å². The molecule has 0 unspecified atom stereocenters. The summed E-state index contributed by atoms with van der Waals surface area (Å²) in [5.41, 5.74) is 0. The standard InChI is InChI=1S/C26H38O3Si/c1-7-20(2)25(28)21(3)24(27)18-19-29-30(26(4,5)6,22-14-10-8-11-15-22)23-16-12-9-13-17-23/h7-17,20-21,24-25,27-28H,1,18-19H2,2-6H3/t20-,21+,24+,25-/m1/s1. The van der Waals surface area contributed by atoms with Gasteiger partial charge in [-0.1, -0.05) is 101 Å². The highest BCUT2D eigenvalue weighted by atomic mass is 28.4. The molecule has 2 aromatic carbocycles. The summed E-state index contributed by atoms with van der Waals surface area (Å²) >= 11 is 0. The Bertz CT molecular complexity index is 730.